The number of carbonyl (C=O) groups excluding carboxylic acids is 2. The smallest absolute Gasteiger partial charge is 0.227 e. The maximum atomic E-state index is 11.3. The van der Waals surface area contributed by atoms with Crippen LogP contribution in [0.2, 0.25) is 0 Å². The van der Waals surface area contributed by atoms with Gasteiger partial charge in [-0.05, 0) is 0 Å². The van der Waals surface area contributed by atoms with Crippen LogP contribution in [0.4, 0.5) is 0 Å². The molecule has 0 aliphatic rings. The Labute approximate surface area is 89.0 Å². The first-order valence-electron chi connectivity index (χ1n) is 4.73. The van der Waals surface area contributed by atoms with Gasteiger partial charge >= 0.3 is 0 Å². The second kappa shape index (κ2) is 8.19. The van der Waals surface area contributed by atoms with Crippen LogP contribution in [0, 0.1) is 5.92 Å². The van der Waals surface area contributed by atoms with Crippen molar-refractivity contribution in [3.05, 3.63) is 0 Å². The predicted octanol–water partition coefficient (Wildman–Crippen LogP) is -1.51. The normalized spacial score (nSPS) is 11.9. The first-order chi connectivity index (χ1) is 7.11. The largest absolute Gasteiger partial charge is 0.395 e. The summed E-state index contributed by atoms with van der Waals surface area (Å²) < 4.78 is 4.77. The molecule has 0 saturated heterocycles. The summed E-state index contributed by atoms with van der Waals surface area (Å²) in [5.74, 6) is -0.961. The molecule has 0 aromatic heterocycles. The number of nitrogens with one attached hydrogen (secondary N) is 2. The van der Waals surface area contributed by atoms with Crippen LogP contribution >= 0.6 is 0 Å². The number of amides is 2. The van der Waals surface area contributed by atoms with Crippen LogP contribution in [-0.2, 0) is 14.3 Å². The molecule has 6 heteroatoms. The molecular weight excluding hydrogens is 200 g/mol. The lowest BCUT2D eigenvalue weighted by Gasteiger charge is -2.13. The second-order valence-corrected chi connectivity index (χ2v) is 3.11. The van der Waals surface area contributed by atoms with Crippen LogP contribution in [0.3, 0.4) is 0 Å². The number of aliphatic hydroxyl groups excluding tert-OH is 1. The van der Waals surface area contributed by atoms with Gasteiger partial charge in [-0.25, -0.2) is 0 Å². The SMILES string of the molecule is COCC(CO)C(=O)NCCNC(C)=O. The Balaban J connectivity index is 3.66. The van der Waals surface area contributed by atoms with E-state index in [9.17, 15) is 9.59 Å². The van der Waals surface area contributed by atoms with Gasteiger partial charge in [0.1, 0.15) is 0 Å². The highest BCUT2D eigenvalue weighted by Crippen LogP contribution is 1.94. The van der Waals surface area contributed by atoms with E-state index in [0.717, 1.165) is 0 Å². The van der Waals surface area contributed by atoms with Gasteiger partial charge in [0.2, 0.25) is 11.8 Å². The summed E-state index contributed by atoms with van der Waals surface area (Å²) in [6.07, 6.45) is 0. The van der Waals surface area contributed by atoms with Crippen molar-refractivity contribution in [1.82, 2.24) is 10.6 Å². The van der Waals surface area contributed by atoms with E-state index in [1.165, 1.54) is 14.0 Å². The van der Waals surface area contributed by atoms with Gasteiger partial charge in [0.05, 0.1) is 19.1 Å². The van der Waals surface area contributed by atoms with Crippen LogP contribution in [0.15, 0.2) is 0 Å². The van der Waals surface area contributed by atoms with E-state index < -0.39 is 5.92 Å². The Hall–Kier alpha value is -1.14. The average Bonchev–Trinajstić information content (AvgIpc) is 2.20. The fourth-order valence-electron chi connectivity index (χ4n) is 0.981. The third-order valence-electron chi connectivity index (χ3n) is 1.76. The summed E-state index contributed by atoms with van der Waals surface area (Å²) in [5.41, 5.74) is 0. The lowest BCUT2D eigenvalue weighted by atomic mass is 10.1. The van der Waals surface area contributed by atoms with Crippen molar-refractivity contribution in [3.63, 3.8) is 0 Å². The van der Waals surface area contributed by atoms with Gasteiger partial charge in [0.25, 0.3) is 0 Å². The van der Waals surface area contributed by atoms with Crippen molar-refractivity contribution in [2.45, 2.75) is 6.92 Å². The standard InChI is InChI=1S/C9H18N2O4/c1-7(13)10-3-4-11-9(14)8(5-12)6-15-2/h8,12H,3-6H2,1-2H3,(H,10,13)(H,11,14). The molecule has 0 rings (SSSR count). The van der Waals surface area contributed by atoms with Crippen LogP contribution < -0.4 is 10.6 Å². The van der Waals surface area contributed by atoms with E-state index in [4.69, 9.17) is 9.84 Å². The van der Waals surface area contributed by atoms with Crippen molar-refractivity contribution >= 4 is 11.8 Å². The molecule has 15 heavy (non-hydrogen) atoms. The van der Waals surface area contributed by atoms with Gasteiger partial charge in [-0.1, -0.05) is 0 Å². The van der Waals surface area contributed by atoms with Crippen LogP contribution in [0.25, 0.3) is 0 Å². The molecule has 0 heterocycles. The summed E-state index contributed by atoms with van der Waals surface area (Å²) in [6, 6.07) is 0. The summed E-state index contributed by atoms with van der Waals surface area (Å²) in [5, 5.41) is 14.0. The minimum atomic E-state index is -0.549. The molecule has 0 aliphatic heterocycles. The lowest BCUT2D eigenvalue weighted by molar-refractivity contribution is -0.128. The van der Waals surface area contributed by atoms with Gasteiger partial charge in [-0.3, -0.25) is 9.59 Å². The molecule has 0 spiro atoms. The van der Waals surface area contributed by atoms with Crippen LogP contribution in [-0.4, -0.2) is 50.3 Å². The molecule has 0 fully saturated rings. The molecule has 3 N–H and O–H groups in total. The molecule has 0 aliphatic carbocycles. The van der Waals surface area contributed by atoms with E-state index in [-0.39, 0.29) is 25.0 Å². The Kier molecular flexibility index (Phi) is 7.57. The van der Waals surface area contributed by atoms with Crippen molar-refractivity contribution in [3.8, 4) is 0 Å². The Morgan fingerprint density at radius 1 is 1.33 bits per heavy atom. The number of hydrogen-bond donors (Lipinski definition) is 3. The number of methoxy groups -OCH3 is 1. The average molecular weight is 218 g/mol. The summed E-state index contributed by atoms with van der Waals surface area (Å²) in [6.45, 7) is 2.07. The third-order valence-corrected chi connectivity index (χ3v) is 1.76. The zero-order chi connectivity index (χ0) is 11.7. The van der Waals surface area contributed by atoms with Crippen molar-refractivity contribution in [2.75, 3.05) is 33.4 Å². The number of ether oxygens (including phenoxy) is 1. The zero-order valence-corrected chi connectivity index (χ0v) is 9.08. The molecule has 2 amide bonds. The maximum Gasteiger partial charge on any atom is 0.227 e. The Bertz CT molecular complexity index is 208. The zero-order valence-electron chi connectivity index (χ0n) is 9.08. The molecule has 0 aromatic carbocycles. The molecule has 88 valence electrons. The first kappa shape index (κ1) is 13.9. The fourth-order valence-corrected chi connectivity index (χ4v) is 0.981. The fraction of sp³-hybridized carbons (Fsp3) is 0.778. The number of carbonyl (C=O) groups is 2. The molecular formula is C9H18N2O4. The minimum absolute atomic E-state index is 0.139. The Morgan fingerprint density at radius 3 is 2.40 bits per heavy atom. The second-order valence-electron chi connectivity index (χ2n) is 3.11. The minimum Gasteiger partial charge on any atom is -0.395 e. The first-order valence-corrected chi connectivity index (χ1v) is 4.73. The molecule has 0 saturated carbocycles. The van der Waals surface area contributed by atoms with E-state index >= 15 is 0 Å². The van der Waals surface area contributed by atoms with Crippen molar-refractivity contribution in [1.29, 1.82) is 0 Å². The van der Waals surface area contributed by atoms with E-state index in [1.54, 1.807) is 0 Å². The van der Waals surface area contributed by atoms with E-state index in [2.05, 4.69) is 10.6 Å². The topological polar surface area (TPSA) is 87.7 Å². The Morgan fingerprint density at radius 2 is 1.93 bits per heavy atom. The molecule has 0 aromatic rings. The van der Waals surface area contributed by atoms with Crippen LogP contribution in [0.1, 0.15) is 6.92 Å². The number of aliphatic hydroxyl groups is 1. The van der Waals surface area contributed by atoms with E-state index in [0.29, 0.717) is 13.1 Å². The highest BCUT2D eigenvalue weighted by Gasteiger charge is 2.16. The molecule has 1 atom stereocenters. The van der Waals surface area contributed by atoms with Gasteiger partial charge in [0, 0.05) is 27.1 Å². The lowest BCUT2D eigenvalue weighted by Crippen LogP contribution is -2.39. The molecule has 1 unspecified atom stereocenters. The summed E-state index contributed by atoms with van der Waals surface area (Å²) in [4.78, 5) is 21.8. The summed E-state index contributed by atoms with van der Waals surface area (Å²) in [7, 11) is 1.47. The quantitative estimate of drug-likeness (QED) is 0.453. The van der Waals surface area contributed by atoms with Gasteiger partial charge < -0.3 is 20.5 Å². The number of rotatable bonds is 7. The monoisotopic (exact) mass is 218 g/mol. The molecule has 0 radical (unpaired) electrons. The highest BCUT2D eigenvalue weighted by molar-refractivity contribution is 5.79. The maximum absolute atomic E-state index is 11.3. The van der Waals surface area contributed by atoms with Gasteiger partial charge in [-0.15, -0.1) is 0 Å². The predicted molar refractivity (Wildman–Crippen MR) is 54.1 cm³/mol. The van der Waals surface area contributed by atoms with Gasteiger partial charge in [0.15, 0.2) is 0 Å². The van der Waals surface area contributed by atoms with Gasteiger partial charge in [-0.2, -0.15) is 0 Å². The number of hydrogen-bond acceptors (Lipinski definition) is 4. The third kappa shape index (κ3) is 6.87. The van der Waals surface area contributed by atoms with Crippen molar-refractivity contribution < 1.29 is 19.4 Å². The van der Waals surface area contributed by atoms with Crippen molar-refractivity contribution in [2.24, 2.45) is 5.92 Å². The molecule has 0 bridgehead atoms. The van der Waals surface area contributed by atoms with E-state index in [1.807, 2.05) is 0 Å². The van der Waals surface area contributed by atoms with Crippen LogP contribution in [0.5, 0.6) is 0 Å². The summed E-state index contributed by atoms with van der Waals surface area (Å²) >= 11 is 0. The molecule has 6 nitrogen and oxygen atoms in total. The highest BCUT2D eigenvalue weighted by atomic mass is 16.5.